The van der Waals surface area contributed by atoms with Crippen LogP contribution in [0.5, 0.6) is 0 Å². The molecule has 1 atom stereocenters. The van der Waals surface area contributed by atoms with E-state index < -0.39 is 22.1 Å². The van der Waals surface area contributed by atoms with E-state index in [9.17, 15) is 18.0 Å². The van der Waals surface area contributed by atoms with Crippen molar-refractivity contribution < 1.29 is 22.7 Å². The summed E-state index contributed by atoms with van der Waals surface area (Å²) in [6.45, 7) is 1.60. The molecule has 0 aromatic heterocycles. The molecule has 9 nitrogen and oxygen atoms in total. The van der Waals surface area contributed by atoms with Gasteiger partial charge in [-0.2, -0.15) is 4.31 Å². The lowest BCUT2D eigenvalue weighted by Crippen LogP contribution is -2.40. The largest absolute Gasteiger partial charge is 0.379 e. The molecule has 1 aliphatic rings. The number of ether oxygens (including phenoxy) is 1. The first kappa shape index (κ1) is 24.0. The van der Waals surface area contributed by atoms with Gasteiger partial charge in [-0.3, -0.25) is 4.79 Å². The number of urea groups is 1. The van der Waals surface area contributed by atoms with Gasteiger partial charge in [-0.15, -0.1) is 0 Å². The Morgan fingerprint density at radius 1 is 1.09 bits per heavy atom. The van der Waals surface area contributed by atoms with Crippen molar-refractivity contribution in [1.29, 1.82) is 0 Å². The molecule has 2 aromatic rings. The summed E-state index contributed by atoms with van der Waals surface area (Å²) in [7, 11) is -3.57. The van der Waals surface area contributed by atoms with E-state index in [1.165, 1.54) is 16.4 Å². The Balaban J connectivity index is 1.60. The molecule has 1 unspecified atom stereocenters. The summed E-state index contributed by atoms with van der Waals surface area (Å²) in [5.74, 6) is -0.325. The van der Waals surface area contributed by atoms with Gasteiger partial charge in [0.2, 0.25) is 15.9 Å². The molecule has 1 fully saturated rings. The van der Waals surface area contributed by atoms with E-state index in [-0.39, 0.29) is 23.8 Å². The number of halogens is 1. The van der Waals surface area contributed by atoms with Crippen LogP contribution in [-0.4, -0.2) is 51.0 Å². The van der Waals surface area contributed by atoms with Gasteiger partial charge in [0.25, 0.3) is 0 Å². The van der Waals surface area contributed by atoms with Crippen LogP contribution in [0, 0.1) is 0 Å². The van der Waals surface area contributed by atoms with Crippen LogP contribution in [0.1, 0.15) is 23.6 Å². The third kappa shape index (κ3) is 6.19. The number of rotatable bonds is 8. The van der Waals surface area contributed by atoms with Crippen LogP contribution in [0.2, 0.25) is 5.02 Å². The molecule has 0 spiro atoms. The molecule has 172 valence electrons. The predicted molar refractivity (Wildman–Crippen MR) is 119 cm³/mol. The summed E-state index contributed by atoms with van der Waals surface area (Å²) < 4.78 is 32.0. The highest BCUT2D eigenvalue weighted by molar-refractivity contribution is 7.89. The van der Waals surface area contributed by atoms with E-state index in [0.717, 1.165) is 5.56 Å². The van der Waals surface area contributed by atoms with Gasteiger partial charge in [-0.05, 0) is 29.3 Å². The predicted octanol–water partition coefficient (Wildman–Crippen LogP) is 1.78. The van der Waals surface area contributed by atoms with E-state index in [1.54, 1.807) is 36.4 Å². The number of carbonyl (C=O) groups excluding carboxylic acids is 2. The zero-order valence-corrected chi connectivity index (χ0v) is 18.9. The molecule has 0 bridgehead atoms. The standard InChI is InChI=1S/C21H25ClN4O5S/c22-18-4-2-1-3-17(18)19(25-21(23)28)13-20(27)24-14-15-5-7-16(8-6-15)32(29,30)26-9-11-31-12-10-26/h1-8,19H,9-14H2,(H,24,27)(H3,23,25,28). The summed E-state index contributed by atoms with van der Waals surface area (Å²) in [4.78, 5) is 24.0. The van der Waals surface area contributed by atoms with Crippen LogP contribution in [-0.2, 0) is 26.1 Å². The second-order valence-electron chi connectivity index (χ2n) is 7.22. The van der Waals surface area contributed by atoms with Crippen molar-refractivity contribution in [2.24, 2.45) is 5.73 Å². The maximum absolute atomic E-state index is 12.7. The topological polar surface area (TPSA) is 131 Å². The highest BCUT2D eigenvalue weighted by atomic mass is 35.5. The van der Waals surface area contributed by atoms with Crippen LogP contribution in [0.25, 0.3) is 0 Å². The van der Waals surface area contributed by atoms with Crippen molar-refractivity contribution in [2.75, 3.05) is 26.3 Å². The average Bonchev–Trinajstić information content (AvgIpc) is 2.78. The van der Waals surface area contributed by atoms with Crippen molar-refractivity contribution >= 4 is 33.6 Å². The zero-order valence-electron chi connectivity index (χ0n) is 17.3. The summed E-state index contributed by atoms with van der Waals surface area (Å²) >= 11 is 6.18. The minimum atomic E-state index is -3.57. The van der Waals surface area contributed by atoms with Crippen molar-refractivity contribution in [3.8, 4) is 0 Å². The Labute approximate surface area is 191 Å². The molecular formula is C21H25ClN4O5S. The van der Waals surface area contributed by atoms with Crippen molar-refractivity contribution in [3.63, 3.8) is 0 Å². The molecule has 0 aliphatic carbocycles. The van der Waals surface area contributed by atoms with Gasteiger partial charge in [0.05, 0.1) is 30.6 Å². The van der Waals surface area contributed by atoms with E-state index in [0.29, 0.717) is 36.9 Å². The SMILES string of the molecule is NC(=O)NC(CC(=O)NCc1ccc(S(=O)(=O)N2CCOCC2)cc1)c1ccccc1Cl. The monoisotopic (exact) mass is 480 g/mol. The lowest BCUT2D eigenvalue weighted by atomic mass is 10.0. The number of amides is 3. The Hall–Kier alpha value is -2.66. The highest BCUT2D eigenvalue weighted by Gasteiger charge is 2.26. The van der Waals surface area contributed by atoms with Gasteiger partial charge < -0.3 is 21.1 Å². The Morgan fingerprint density at radius 2 is 1.75 bits per heavy atom. The van der Waals surface area contributed by atoms with Crippen LogP contribution in [0.15, 0.2) is 53.4 Å². The number of hydrogen-bond donors (Lipinski definition) is 3. The fourth-order valence-electron chi connectivity index (χ4n) is 3.34. The number of carbonyl (C=O) groups is 2. The molecule has 1 saturated heterocycles. The summed E-state index contributed by atoms with van der Waals surface area (Å²) in [6, 6.07) is 11.8. The van der Waals surface area contributed by atoms with Crippen molar-refractivity contribution in [1.82, 2.24) is 14.9 Å². The zero-order chi connectivity index (χ0) is 23.1. The van der Waals surface area contributed by atoms with Crippen molar-refractivity contribution in [2.45, 2.75) is 23.9 Å². The number of primary amides is 1. The molecule has 1 heterocycles. The molecule has 3 amide bonds. The first-order valence-corrected chi connectivity index (χ1v) is 11.8. The highest BCUT2D eigenvalue weighted by Crippen LogP contribution is 2.25. The average molecular weight is 481 g/mol. The molecule has 32 heavy (non-hydrogen) atoms. The number of nitrogens with one attached hydrogen (secondary N) is 2. The lowest BCUT2D eigenvalue weighted by molar-refractivity contribution is -0.121. The molecular weight excluding hydrogens is 456 g/mol. The lowest BCUT2D eigenvalue weighted by Gasteiger charge is -2.26. The third-order valence-corrected chi connectivity index (χ3v) is 7.26. The molecule has 11 heteroatoms. The quantitative estimate of drug-likeness (QED) is 0.530. The smallest absolute Gasteiger partial charge is 0.312 e. The molecule has 1 aliphatic heterocycles. The maximum atomic E-state index is 12.7. The number of hydrogen-bond acceptors (Lipinski definition) is 5. The maximum Gasteiger partial charge on any atom is 0.312 e. The molecule has 3 rings (SSSR count). The Morgan fingerprint density at radius 3 is 2.38 bits per heavy atom. The van der Waals surface area contributed by atoms with E-state index >= 15 is 0 Å². The van der Waals surface area contributed by atoms with Gasteiger partial charge in [0.15, 0.2) is 0 Å². The third-order valence-electron chi connectivity index (χ3n) is 5.01. The number of morpholine rings is 1. The fraction of sp³-hybridized carbons (Fsp3) is 0.333. The van der Waals surface area contributed by atoms with Crippen LogP contribution in [0.4, 0.5) is 4.79 Å². The Bertz CT molecular complexity index is 1060. The fourth-order valence-corrected chi connectivity index (χ4v) is 5.02. The second-order valence-corrected chi connectivity index (χ2v) is 9.57. The molecule has 0 saturated carbocycles. The van der Waals surface area contributed by atoms with Gasteiger partial charge in [-0.25, -0.2) is 13.2 Å². The molecule has 0 radical (unpaired) electrons. The van der Waals surface area contributed by atoms with Crippen LogP contribution >= 0.6 is 11.6 Å². The number of benzene rings is 2. The summed E-state index contributed by atoms with van der Waals surface area (Å²) in [5, 5.41) is 5.71. The van der Waals surface area contributed by atoms with E-state index in [4.69, 9.17) is 22.1 Å². The van der Waals surface area contributed by atoms with E-state index in [1.807, 2.05) is 0 Å². The summed E-state index contributed by atoms with van der Waals surface area (Å²) in [6.07, 6.45) is -0.0594. The van der Waals surface area contributed by atoms with Crippen molar-refractivity contribution in [3.05, 3.63) is 64.7 Å². The van der Waals surface area contributed by atoms with Gasteiger partial charge in [0, 0.05) is 24.7 Å². The van der Waals surface area contributed by atoms with Gasteiger partial charge in [-0.1, -0.05) is 41.9 Å². The van der Waals surface area contributed by atoms with Gasteiger partial charge >= 0.3 is 6.03 Å². The van der Waals surface area contributed by atoms with Gasteiger partial charge in [0.1, 0.15) is 0 Å². The Kier molecular flexibility index (Phi) is 8.08. The second kappa shape index (κ2) is 10.8. The first-order valence-electron chi connectivity index (χ1n) is 10.0. The minimum absolute atomic E-state index is 0.0594. The number of nitrogens with two attached hydrogens (primary N) is 1. The van der Waals surface area contributed by atoms with E-state index in [2.05, 4.69) is 10.6 Å². The number of nitrogens with zero attached hydrogens (tertiary/aromatic N) is 1. The molecule has 4 N–H and O–H groups in total. The van der Waals surface area contributed by atoms with Crippen LogP contribution in [0.3, 0.4) is 0 Å². The normalized spacial score (nSPS) is 15.7. The summed E-state index contributed by atoms with van der Waals surface area (Å²) in [5.41, 5.74) is 6.56. The van der Waals surface area contributed by atoms with Crippen LogP contribution < -0.4 is 16.4 Å². The minimum Gasteiger partial charge on any atom is -0.379 e. The number of sulfonamides is 1. The molecule has 2 aromatic carbocycles. The first-order chi connectivity index (χ1) is 15.3.